The van der Waals surface area contributed by atoms with Gasteiger partial charge in [-0.05, 0) is 79.0 Å². The molecule has 2 aromatic carbocycles. The molecular formula is C43H64N4O6. The van der Waals surface area contributed by atoms with Gasteiger partial charge >= 0.3 is 0 Å². The Hall–Kier alpha value is -2.73. The number of amides is 1. The summed E-state index contributed by atoms with van der Waals surface area (Å²) in [5.41, 5.74) is 4.62. The van der Waals surface area contributed by atoms with Crippen LogP contribution in [0.5, 0.6) is 5.75 Å². The topological polar surface area (TPSA) is 119 Å². The van der Waals surface area contributed by atoms with Gasteiger partial charge in [0.2, 0.25) is 0 Å². The number of aliphatic hydroxyl groups excluding tert-OH is 2. The van der Waals surface area contributed by atoms with E-state index in [0.717, 1.165) is 47.1 Å². The Morgan fingerprint density at radius 2 is 1.91 bits per heavy atom. The molecule has 292 valence electrons. The Kier molecular flexibility index (Phi) is 11.5. The molecule has 6 aliphatic rings. The molecule has 2 aliphatic heterocycles. The number of hydrogen-bond acceptors (Lipinski definition) is 9. The number of ether oxygens (including phenoxy) is 2. The largest absolute Gasteiger partial charge is 0.496 e. The van der Waals surface area contributed by atoms with Crippen LogP contribution >= 0.6 is 0 Å². The third-order valence-corrected chi connectivity index (χ3v) is 14.0. The molecule has 2 aromatic rings. The number of fused-ring (bicyclic) bond motifs is 2. The SMILES string of the molecule is COc1c(CN2O[C@@H](CO)[C@H]([C@H](C)O)[C@H]2[C@@H]2OC2N[C@H]2C[C@H]3C[C@@H]([C@@H]2C)C3(C)C)cccc1-c1cc(C(=O)NCCC2CCCCC2)cc(N(C)C)c1. The third-order valence-electron chi connectivity index (χ3n) is 14.0. The maximum absolute atomic E-state index is 13.5. The third kappa shape index (κ3) is 7.74. The molecule has 53 heavy (non-hydrogen) atoms. The predicted octanol–water partition coefficient (Wildman–Crippen LogP) is 5.99. The first-order valence-electron chi connectivity index (χ1n) is 20.3. The highest BCUT2D eigenvalue weighted by Crippen LogP contribution is 2.61. The van der Waals surface area contributed by atoms with E-state index in [0.29, 0.717) is 47.7 Å². The van der Waals surface area contributed by atoms with Crippen molar-refractivity contribution in [1.82, 2.24) is 15.7 Å². The molecule has 8 rings (SSSR count). The van der Waals surface area contributed by atoms with E-state index in [1.165, 1.54) is 38.5 Å². The molecule has 1 amide bonds. The second-order valence-corrected chi connectivity index (χ2v) is 17.7. The van der Waals surface area contributed by atoms with E-state index in [-0.39, 0.29) is 36.8 Å². The maximum Gasteiger partial charge on any atom is 0.251 e. The number of epoxide rings is 1. The lowest BCUT2D eigenvalue weighted by molar-refractivity contribution is -0.180. The van der Waals surface area contributed by atoms with Crippen LogP contribution in [0.3, 0.4) is 0 Å². The summed E-state index contributed by atoms with van der Waals surface area (Å²) in [5.74, 6) is 3.03. The second-order valence-electron chi connectivity index (χ2n) is 17.7. The molecule has 0 spiro atoms. The van der Waals surface area contributed by atoms with E-state index in [9.17, 15) is 15.0 Å². The van der Waals surface area contributed by atoms with Crippen molar-refractivity contribution in [2.24, 2.45) is 35.0 Å². The smallest absolute Gasteiger partial charge is 0.251 e. The molecule has 4 saturated carbocycles. The summed E-state index contributed by atoms with van der Waals surface area (Å²) in [4.78, 5) is 22.0. The Labute approximate surface area is 316 Å². The number of nitrogens with zero attached hydrogens (tertiary/aromatic N) is 2. The van der Waals surface area contributed by atoms with Gasteiger partial charge in [-0.2, -0.15) is 5.06 Å². The zero-order chi connectivity index (χ0) is 37.6. The lowest BCUT2D eigenvalue weighted by Crippen LogP contribution is -2.60. The van der Waals surface area contributed by atoms with Gasteiger partial charge in [-0.1, -0.05) is 71.1 Å². The van der Waals surface area contributed by atoms with E-state index in [1.807, 2.05) is 54.4 Å². The van der Waals surface area contributed by atoms with Gasteiger partial charge in [0.05, 0.1) is 32.4 Å². The molecule has 10 atom stereocenters. The van der Waals surface area contributed by atoms with Gasteiger partial charge in [0.25, 0.3) is 5.91 Å². The van der Waals surface area contributed by atoms with E-state index >= 15 is 0 Å². The predicted molar refractivity (Wildman–Crippen MR) is 207 cm³/mol. The average Bonchev–Trinajstić information content (AvgIpc) is 3.80. The molecule has 10 nitrogen and oxygen atoms in total. The standard InChI is InChI=1S/C43H64N4O6/c1-25-34-21-31(43(34,3)4)22-35(25)45-42-40(52-42)38-37(26(2)49)36(24-48)53-47(38)23-28-14-11-15-33(39(28)51-7)29-18-30(20-32(19-29)46(5)6)41(50)44-17-16-27-12-9-8-10-13-27/h11,14-15,18-20,25-27,31,34-38,40,42,45,48-49H,8-10,12-13,16-17,21-24H2,1-7H3,(H,44,50)/t25-,26-,31+,34-,35-,36-,37-,38-,40-,42?/m0/s1. The van der Waals surface area contributed by atoms with Gasteiger partial charge in [-0.25, -0.2) is 0 Å². The zero-order valence-corrected chi connectivity index (χ0v) is 33.0. The normalized spacial score (nSPS) is 32.9. The van der Waals surface area contributed by atoms with Gasteiger partial charge in [0.15, 0.2) is 0 Å². The number of carbonyl (C=O) groups excluding carboxylic acids is 1. The summed E-state index contributed by atoms with van der Waals surface area (Å²) < 4.78 is 12.5. The van der Waals surface area contributed by atoms with Crippen molar-refractivity contribution in [3.05, 3.63) is 47.5 Å². The minimum absolute atomic E-state index is 0.0654. The first-order valence-corrected chi connectivity index (χ1v) is 20.3. The molecule has 6 fully saturated rings. The lowest BCUT2D eigenvalue weighted by atomic mass is 9.45. The molecule has 0 aromatic heterocycles. The summed E-state index contributed by atoms with van der Waals surface area (Å²) in [7, 11) is 5.65. The van der Waals surface area contributed by atoms with E-state index in [1.54, 1.807) is 14.0 Å². The highest BCUT2D eigenvalue weighted by atomic mass is 16.7. The molecule has 2 bridgehead atoms. The average molecular weight is 733 g/mol. The number of carbonyl (C=O) groups is 1. The fraction of sp³-hybridized carbons (Fsp3) is 0.698. The van der Waals surface area contributed by atoms with E-state index in [2.05, 4.69) is 37.5 Å². The quantitative estimate of drug-likeness (QED) is 0.174. The molecule has 2 heterocycles. The van der Waals surface area contributed by atoms with Crippen molar-refractivity contribution in [1.29, 1.82) is 0 Å². The number of para-hydroxylation sites is 1. The zero-order valence-electron chi connectivity index (χ0n) is 33.0. The van der Waals surface area contributed by atoms with Crippen LogP contribution in [0.2, 0.25) is 0 Å². The molecular weight excluding hydrogens is 668 g/mol. The molecule has 1 unspecified atom stereocenters. The van der Waals surface area contributed by atoms with Gasteiger partial charge in [-0.3, -0.25) is 14.9 Å². The number of hydroxylamine groups is 2. The maximum atomic E-state index is 13.5. The van der Waals surface area contributed by atoms with Crippen LogP contribution in [-0.2, 0) is 16.1 Å². The van der Waals surface area contributed by atoms with E-state index < -0.39 is 12.2 Å². The van der Waals surface area contributed by atoms with Gasteiger partial charge in [0.1, 0.15) is 24.2 Å². The lowest BCUT2D eigenvalue weighted by Gasteiger charge is -2.62. The summed E-state index contributed by atoms with van der Waals surface area (Å²) in [5, 5.41) is 30.4. The van der Waals surface area contributed by atoms with Crippen LogP contribution in [0.25, 0.3) is 11.1 Å². The van der Waals surface area contributed by atoms with Crippen molar-refractivity contribution in [3.63, 3.8) is 0 Å². The first kappa shape index (κ1) is 38.5. The molecule has 0 radical (unpaired) electrons. The van der Waals surface area contributed by atoms with Gasteiger partial charge < -0.3 is 29.9 Å². The number of aliphatic hydroxyl groups is 2. The number of nitrogens with one attached hydrogen (secondary N) is 2. The number of rotatable bonds is 14. The number of methoxy groups -OCH3 is 1. The monoisotopic (exact) mass is 732 g/mol. The van der Waals surface area contributed by atoms with Crippen molar-refractivity contribution in [3.8, 4) is 16.9 Å². The van der Waals surface area contributed by atoms with Crippen LogP contribution in [-0.4, -0.2) is 92.2 Å². The minimum atomic E-state index is -0.705. The Morgan fingerprint density at radius 1 is 1.13 bits per heavy atom. The van der Waals surface area contributed by atoms with Crippen LogP contribution in [0, 0.1) is 35.0 Å². The van der Waals surface area contributed by atoms with Crippen LogP contribution in [0.4, 0.5) is 5.69 Å². The Morgan fingerprint density at radius 3 is 2.57 bits per heavy atom. The molecule has 10 heteroatoms. The number of anilines is 1. The summed E-state index contributed by atoms with van der Waals surface area (Å²) in [6.07, 6.45) is 8.38. The first-order chi connectivity index (χ1) is 25.4. The highest BCUT2D eigenvalue weighted by Gasteiger charge is 2.61. The van der Waals surface area contributed by atoms with Gasteiger partial charge in [-0.15, -0.1) is 0 Å². The molecule has 2 saturated heterocycles. The number of hydrogen-bond donors (Lipinski definition) is 4. The summed E-state index contributed by atoms with van der Waals surface area (Å²) >= 11 is 0. The molecule has 4 N–H and O–H groups in total. The Balaban J connectivity index is 1.10. The fourth-order valence-corrected chi connectivity index (χ4v) is 10.6. The van der Waals surface area contributed by atoms with Crippen molar-refractivity contribution in [2.45, 2.75) is 122 Å². The van der Waals surface area contributed by atoms with Crippen LogP contribution in [0.1, 0.15) is 95.0 Å². The Bertz CT molecular complexity index is 1590. The number of benzene rings is 2. The van der Waals surface area contributed by atoms with Crippen molar-refractivity contribution >= 4 is 11.6 Å². The van der Waals surface area contributed by atoms with Gasteiger partial charge in [0, 0.05) is 55.0 Å². The highest BCUT2D eigenvalue weighted by molar-refractivity contribution is 5.97. The van der Waals surface area contributed by atoms with Crippen LogP contribution < -0.4 is 20.3 Å². The van der Waals surface area contributed by atoms with Crippen molar-refractivity contribution < 1.29 is 29.3 Å². The second kappa shape index (κ2) is 15.8. The van der Waals surface area contributed by atoms with Crippen LogP contribution in [0.15, 0.2) is 36.4 Å². The fourth-order valence-electron chi connectivity index (χ4n) is 10.6. The van der Waals surface area contributed by atoms with Crippen molar-refractivity contribution in [2.75, 3.05) is 39.3 Å². The summed E-state index contributed by atoms with van der Waals surface area (Å²) in [6, 6.07) is 12.2. The molecule has 4 aliphatic carbocycles. The minimum Gasteiger partial charge on any atom is -0.496 e. The summed E-state index contributed by atoms with van der Waals surface area (Å²) in [6.45, 7) is 9.84. The van der Waals surface area contributed by atoms with E-state index in [4.69, 9.17) is 14.3 Å².